The normalized spacial score (nSPS) is 11.7. The van der Waals surface area contributed by atoms with Crippen molar-refractivity contribution in [3.8, 4) is 0 Å². The van der Waals surface area contributed by atoms with E-state index >= 15 is 0 Å². The zero-order valence-corrected chi connectivity index (χ0v) is 21.6. The van der Waals surface area contributed by atoms with Crippen molar-refractivity contribution in [2.75, 3.05) is 13.1 Å². The van der Waals surface area contributed by atoms with Gasteiger partial charge in [-0.1, -0.05) is 65.1 Å². The van der Waals surface area contributed by atoms with E-state index in [-0.39, 0.29) is 37.8 Å². The molecule has 3 aromatic carbocycles. The average molecular weight is 570 g/mol. The fourth-order valence-electron chi connectivity index (χ4n) is 3.11. The summed E-state index contributed by atoms with van der Waals surface area (Å²) in [4.78, 5) is 22.7. The SMILES string of the molecule is O=C(CN(CCc1ccccc1)S(=O)(=O)c1cc(Cl)ccc1Cl)N/N=C\c1cc([N+](=O)[O-])ccc1Cl. The molecule has 0 bridgehead atoms. The summed E-state index contributed by atoms with van der Waals surface area (Å²) in [6.07, 6.45) is 1.46. The molecule has 3 rings (SSSR count). The maximum absolute atomic E-state index is 13.4. The molecule has 0 spiro atoms. The van der Waals surface area contributed by atoms with Crippen molar-refractivity contribution in [1.29, 1.82) is 0 Å². The predicted molar refractivity (Wildman–Crippen MR) is 139 cm³/mol. The summed E-state index contributed by atoms with van der Waals surface area (Å²) in [5.41, 5.74) is 3.09. The van der Waals surface area contributed by atoms with Gasteiger partial charge >= 0.3 is 0 Å². The molecular formula is C23H19Cl3N4O5S. The molecule has 0 aliphatic rings. The lowest BCUT2D eigenvalue weighted by molar-refractivity contribution is -0.384. The number of hydrogen-bond donors (Lipinski definition) is 1. The van der Waals surface area contributed by atoms with E-state index in [2.05, 4.69) is 10.5 Å². The summed E-state index contributed by atoms with van der Waals surface area (Å²) in [7, 11) is -4.21. The lowest BCUT2D eigenvalue weighted by atomic mass is 10.1. The topological polar surface area (TPSA) is 122 Å². The van der Waals surface area contributed by atoms with Crippen LogP contribution in [0.2, 0.25) is 15.1 Å². The van der Waals surface area contributed by atoms with Gasteiger partial charge in [0, 0.05) is 34.3 Å². The molecule has 0 fully saturated rings. The van der Waals surface area contributed by atoms with E-state index in [9.17, 15) is 23.3 Å². The van der Waals surface area contributed by atoms with Gasteiger partial charge in [0.05, 0.1) is 22.7 Å². The summed E-state index contributed by atoms with van der Waals surface area (Å²) < 4.78 is 27.7. The number of nitro benzene ring substituents is 1. The van der Waals surface area contributed by atoms with Crippen molar-refractivity contribution in [3.05, 3.63) is 103 Å². The molecule has 1 N–H and O–H groups in total. The van der Waals surface area contributed by atoms with Crippen LogP contribution in [0.25, 0.3) is 0 Å². The fraction of sp³-hybridized carbons (Fsp3) is 0.130. The molecular weight excluding hydrogens is 551 g/mol. The number of non-ortho nitro benzene ring substituents is 1. The molecule has 1 amide bonds. The van der Waals surface area contributed by atoms with Crippen molar-refractivity contribution in [2.45, 2.75) is 11.3 Å². The average Bonchev–Trinajstić information content (AvgIpc) is 2.84. The first-order valence-corrected chi connectivity index (χ1v) is 12.9. The van der Waals surface area contributed by atoms with Crippen LogP contribution >= 0.6 is 34.8 Å². The zero-order valence-electron chi connectivity index (χ0n) is 18.5. The van der Waals surface area contributed by atoms with Crippen molar-refractivity contribution in [3.63, 3.8) is 0 Å². The van der Waals surface area contributed by atoms with Crippen molar-refractivity contribution < 1.29 is 18.1 Å². The largest absolute Gasteiger partial charge is 0.272 e. The van der Waals surface area contributed by atoms with Crippen LogP contribution in [-0.2, 0) is 21.2 Å². The number of sulfonamides is 1. The Morgan fingerprint density at radius 2 is 1.72 bits per heavy atom. The minimum absolute atomic E-state index is 0.0248. The molecule has 0 aliphatic heterocycles. The molecule has 0 heterocycles. The van der Waals surface area contributed by atoms with Crippen molar-refractivity contribution in [2.24, 2.45) is 5.10 Å². The molecule has 188 valence electrons. The van der Waals surface area contributed by atoms with Crippen LogP contribution in [-0.4, -0.2) is 42.9 Å². The first kappa shape index (κ1) is 27.6. The van der Waals surface area contributed by atoms with E-state index in [0.29, 0.717) is 6.42 Å². The molecule has 0 radical (unpaired) electrons. The highest BCUT2D eigenvalue weighted by Gasteiger charge is 2.29. The summed E-state index contributed by atoms with van der Waals surface area (Å²) in [6.45, 7) is -0.596. The molecule has 0 aliphatic carbocycles. The first-order chi connectivity index (χ1) is 17.1. The molecule has 9 nitrogen and oxygen atoms in total. The monoisotopic (exact) mass is 568 g/mol. The molecule has 36 heavy (non-hydrogen) atoms. The molecule has 0 saturated heterocycles. The number of nitrogens with one attached hydrogen (secondary N) is 1. The highest BCUT2D eigenvalue weighted by molar-refractivity contribution is 7.89. The Morgan fingerprint density at radius 1 is 1.03 bits per heavy atom. The maximum Gasteiger partial charge on any atom is 0.270 e. The number of halogens is 3. The number of carbonyl (C=O) groups is 1. The van der Waals surface area contributed by atoms with Gasteiger partial charge in [-0.25, -0.2) is 13.8 Å². The van der Waals surface area contributed by atoms with Crippen LogP contribution < -0.4 is 5.43 Å². The predicted octanol–water partition coefficient (Wildman–Crippen LogP) is 4.94. The van der Waals surface area contributed by atoms with Crippen LogP contribution in [0.1, 0.15) is 11.1 Å². The number of hydrazone groups is 1. The Hall–Kier alpha value is -3.02. The number of amides is 1. The molecule has 0 atom stereocenters. The van der Waals surface area contributed by atoms with Gasteiger partial charge in [-0.3, -0.25) is 14.9 Å². The Balaban J connectivity index is 1.80. The van der Waals surface area contributed by atoms with E-state index in [1.165, 1.54) is 36.4 Å². The molecule has 0 unspecified atom stereocenters. The summed E-state index contributed by atoms with van der Waals surface area (Å²) in [5.74, 6) is -0.748. The van der Waals surface area contributed by atoms with Gasteiger partial charge in [-0.05, 0) is 36.2 Å². The highest BCUT2D eigenvalue weighted by Crippen LogP contribution is 2.28. The quantitative estimate of drug-likeness (QED) is 0.211. The number of hydrogen-bond acceptors (Lipinski definition) is 6. The zero-order chi connectivity index (χ0) is 26.3. The van der Waals surface area contributed by atoms with Crippen LogP contribution in [0.15, 0.2) is 76.7 Å². The molecule has 13 heteroatoms. The molecule has 0 saturated carbocycles. The third-order valence-corrected chi connectivity index (χ3v) is 7.81. The number of rotatable bonds is 10. The van der Waals surface area contributed by atoms with Crippen molar-refractivity contribution >= 4 is 62.6 Å². The van der Waals surface area contributed by atoms with E-state index < -0.39 is 27.4 Å². The van der Waals surface area contributed by atoms with Gasteiger partial charge in [-0.15, -0.1) is 0 Å². The van der Waals surface area contributed by atoms with Gasteiger partial charge < -0.3 is 0 Å². The second-order valence-corrected chi connectivity index (χ2v) is 10.6. The lowest BCUT2D eigenvalue weighted by Crippen LogP contribution is -2.40. The van der Waals surface area contributed by atoms with Crippen LogP contribution in [0.4, 0.5) is 5.69 Å². The minimum Gasteiger partial charge on any atom is -0.272 e. The number of benzene rings is 3. The van der Waals surface area contributed by atoms with Crippen LogP contribution in [0, 0.1) is 10.1 Å². The van der Waals surface area contributed by atoms with Gasteiger partial charge in [0.2, 0.25) is 10.0 Å². The minimum atomic E-state index is -4.21. The summed E-state index contributed by atoms with van der Waals surface area (Å²) >= 11 is 18.1. The Labute approximate surface area is 222 Å². The number of nitrogens with zero attached hydrogens (tertiary/aromatic N) is 3. The Bertz CT molecular complexity index is 1400. The number of carbonyl (C=O) groups excluding carboxylic acids is 1. The smallest absolute Gasteiger partial charge is 0.270 e. The second kappa shape index (κ2) is 12.3. The standard InChI is InChI=1S/C23H19Cl3N4O5S/c24-18-6-8-21(26)22(13-18)36(34,35)29(11-10-16-4-2-1-3-5-16)15-23(31)28-27-14-17-12-19(30(32)33)7-9-20(17)25/h1-9,12-14H,10-11,15H2,(H,28,31)/b27-14-. The van der Waals surface area contributed by atoms with Gasteiger partial charge in [-0.2, -0.15) is 9.41 Å². The van der Waals surface area contributed by atoms with Crippen molar-refractivity contribution in [1.82, 2.24) is 9.73 Å². The van der Waals surface area contributed by atoms with Crippen LogP contribution in [0.5, 0.6) is 0 Å². The van der Waals surface area contributed by atoms with E-state index in [4.69, 9.17) is 34.8 Å². The van der Waals surface area contributed by atoms with Gasteiger partial charge in [0.1, 0.15) is 4.90 Å². The van der Waals surface area contributed by atoms with E-state index in [0.717, 1.165) is 16.1 Å². The summed E-state index contributed by atoms with van der Waals surface area (Å²) in [5, 5.41) is 15.0. The lowest BCUT2D eigenvalue weighted by Gasteiger charge is -2.22. The maximum atomic E-state index is 13.4. The van der Waals surface area contributed by atoms with E-state index in [1.807, 2.05) is 30.3 Å². The Morgan fingerprint density at radius 3 is 2.42 bits per heavy atom. The fourth-order valence-corrected chi connectivity index (χ4v) is 5.41. The summed E-state index contributed by atoms with van der Waals surface area (Å²) in [6, 6.07) is 16.9. The first-order valence-electron chi connectivity index (χ1n) is 10.3. The number of nitro groups is 1. The highest BCUT2D eigenvalue weighted by atomic mass is 35.5. The second-order valence-electron chi connectivity index (χ2n) is 7.41. The third-order valence-electron chi connectivity index (χ3n) is 4.91. The molecule has 0 aromatic heterocycles. The Kier molecular flexibility index (Phi) is 9.41. The molecule has 3 aromatic rings. The third kappa shape index (κ3) is 7.25. The van der Waals surface area contributed by atoms with Gasteiger partial charge in [0.15, 0.2) is 0 Å². The van der Waals surface area contributed by atoms with Gasteiger partial charge in [0.25, 0.3) is 11.6 Å². The van der Waals surface area contributed by atoms with E-state index in [1.54, 1.807) is 0 Å². The van der Waals surface area contributed by atoms with Crippen LogP contribution in [0.3, 0.4) is 0 Å².